The summed E-state index contributed by atoms with van der Waals surface area (Å²) < 4.78 is 0. The first-order valence-corrected chi connectivity index (χ1v) is 5.83. The van der Waals surface area contributed by atoms with Crippen LogP contribution in [-0.2, 0) is 0 Å². The van der Waals surface area contributed by atoms with E-state index < -0.39 is 0 Å². The Kier molecular flexibility index (Phi) is 7.39. The lowest BCUT2D eigenvalue weighted by Crippen LogP contribution is -2.31. The van der Waals surface area contributed by atoms with Crippen LogP contribution in [0.15, 0.2) is 24.3 Å². The van der Waals surface area contributed by atoms with E-state index in [9.17, 15) is 4.79 Å². The zero-order chi connectivity index (χ0) is 12.0. The first-order valence-electron chi connectivity index (χ1n) is 5.83. The predicted molar refractivity (Wildman–Crippen MR) is 74.6 cm³/mol. The van der Waals surface area contributed by atoms with Gasteiger partial charge in [0.2, 0.25) is 0 Å². The number of amides is 1. The van der Waals surface area contributed by atoms with E-state index in [1.807, 2.05) is 11.8 Å². The van der Waals surface area contributed by atoms with Crippen LogP contribution >= 0.6 is 12.4 Å². The molecule has 1 amide bonds. The van der Waals surface area contributed by atoms with Crippen LogP contribution in [0.2, 0.25) is 0 Å². The molecule has 0 radical (unpaired) electrons. The summed E-state index contributed by atoms with van der Waals surface area (Å²) in [7, 11) is 0. The summed E-state index contributed by atoms with van der Waals surface area (Å²) in [5, 5.41) is 0. The maximum atomic E-state index is 12.1. The van der Waals surface area contributed by atoms with Gasteiger partial charge in [-0.15, -0.1) is 12.4 Å². The number of benzene rings is 1. The summed E-state index contributed by atoms with van der Waals surface area (Å²) in [5.74, 6) is 0.0935. The molecule has 1 aromatic rings. The number of carbonyl (C=O) groups excluding carboxylic acids is 1. The van der Waals surface area contributed by atoms with Crippen molar-refractivity contribution in [3.8, 4) is 0 Å². The third-order valence-corrected chi connectivity index (χ3v) is 2.61. The van der Waals surface area contributed by atoms with E-state index in [0.29, 0.717) is 11.3 Å². The van der Waals surface area contributed by atoms with Gasteiger partial charge in [0, 0.05) is 24.3 Å². The third-order valence-electron chi connectivity index (χ3n) is 2.61. The van der Waals surface area contributed by atoms with Gasteiger partial charge in [-0.2, -0.15) is 0 Å². The van der Waals surface area contributed by atoms with Crippen LogP contribution in [0.3, 0.4) is 0 Å². The molecule has 17 heavy (non-hydrogen) atoms. The first kappa shape index (κ1) is 15.8. The minimum absolute atomic E-state index is 0. The van der Waals surface area contributed by atoms with Crippen molar-refractivity contribution >= 4 is 24.0 Å². The van der Waals surface area contributed by atoms with E-state index in [4.69, 9.17) is 5.73 Å². The van der Waals surface area contributed by atoms with Crippen LogP contribution in [0.5, 0.6) is 0 Å². The number of carbonyl (C=O) groups is 1. The van der Waals surface area contributed by atoms with Crippen LogP contribution in [0.1, 0.15) is 37.0 Å². The molecule has 0 aliphatic heterocycles. The van der Waals surface area contributed by atoms with Crippen LogP contribution < -0.4 is 5.73 Å². The molecular weight excluding hydrogens is 236 g/mol. The second-order valence-corrected chi connectivity index (χ2v) is 3.86. The molecular formula is C13H21ClN2O. The number of hydrogen-bond acceptors (Lipinski definition) is 2. The molecule has 0 spiro atoms. The molecule has 0 aliphatic rings. The molecule has 0 aliphatic carbocycles. The summed E-state index contributed by atoms with van der Waals surface area (Å²) in [6.07, 6.45) is 2.15. The van der Waals surface area contributed by atoms with E-state index in [0.717, 1.165) is 25.9 Å². The van der Waals surface area contributed by atoms with Gasteiger partial charge in [0.25, 0.3) is 5.91 Å². The van der Waals surface area contributed by atoms with E-state index in [-0.39, 0.29) is 18.3 Å². The van der Waals surface area contributed by atoms with E-state index >= 15 is 0 Å². The maximum Gasteiger partial charge on any atom is 0.253 e. The zero-order valence-electron chi connectivity index (χ0n) is 10.5. The van der Waals surface area contributed by atoms with Crippen molar-refractivity contribution in [3.05, 3.63) is 29.8 Å². The first-order chi connectivity index (χ1) is 7.69. The molecule has 0 saturated carbocycles. The van der Waals surface area contributed by atoms with Crippen molar-refractivity contribution < 1.29 is 4.79 Å². The Labute approximate surface area is 109 Å². The Morgan fingerprint density at radius 1 is 1.24 bits per heavy atom. The minimum Gasteiger partial charge on any atom is -0.399 e. The fraction of sp³-hybridized carbons (Fsp3) is 0.462. The van der Waals surface area contributed by atoms with Crippen LogP contribution in [-0.4, -0.2) is 23.9 Å². The lowest BCUT2D eigenvalue weighted by atomic mass is 10.1. The van der Waals surface area contributed by atoms with Gasteiger partial charge >= 0.3 is 0 Å². The Bertz CT molecular complexity index is 338. The molecule has 0 unspecified atom stereocenters. The lowest BCUT2D eigenvalue weighted by Gasteiger charge is -2.20. The summed E-state index contributed by atoms with van der Waals surface area (Å²) in [6.45, 7) is 5.71. The van der Waals surface area contributed by atoms with Crippen molar-refractivity contribution in [2.45, 2.75) is 26.7 Å². The third kappa shape index (κ3) is 4.65. The van der Waals surface area contributed by atoms with Crippen molar-refractivity contribution in [3.63, 3.8) is 0 Å². The van der Waals surface area contributed by atoms with Crippen molar-refractivity contribution in [1.29, 1.82) is 0 Å². The van der Waals surface area contributed by atoms with Gasteiger partial charge < -0.3 is 10.6 Å². The zero-order valence-corrected chi connectivity index (χ0v) is 11.3. The van der Waals surface area contributed by atoms with Crippen molar-refractivity contribution in [2.75, 3.05) is 18.8 Å². The van der Waals surface area contributed by atoms with Gasteiger partial charge in [-0.3, -0.25) is 4.79 Å². The highest BCUT2D eigenvalue weighted by molar-refractivity contribution is 5.94. The number of nitrogen functional groups attached to an aromatic ring is 1. The second kappa shape index (κ2) is 7.96. The predicted octanol–water partition coefficient (Wildman–Crippen LogP) is 2.95. The van der Waals surface area contributed by atoms with E-state index in [2.05, 4.69) is 6.92 Å². The standard InChI is InChI=1S/C13H20N2O.ClH/c1-3-5-10-15(4-2)13(16)11-6-8-12(14)9-7-11;/h6-9H,3-5,10,14H2,1-2H3;1H. The highest BCUT2D eigenvalue weighted by atomic mass is 35.5. The molecule has 0 heterocycles. The van der Waals surface area contributed by atoms with Gasteiger partial charge in [-0.1, -0.05) is 13.3 Å². The summed E-state index contributed by atoms with van der Waals surface area (Å²) in [5.41, 5.74) is 6.99. The van der Waals surface area contributed by atoms with Gasteiger partial charge in [0.1, 0.15) is 0 Å². The Morgan fingerprint density at radius 2 is 1.82 bits per heavy atom. The molecule has 0 atom stereocenters. The minimum atomic E-state index is 0. The number of nitrogens with two attached hydrogens (primary N) is 1. The normalized spacial score (nSPS) is 9.53. The Hall–Kier alpha value is -1.22. The fourth-order valence-electron chi connectivity index (χ4n) is 1.56. The molecule has 2 N–H and O–H groups in total. The SMILES string of the molecule is CCCCN(CC)C(=O)c1ccc(N)cc1.Cl. The Balaban J connectivity index is 0.00000256. The smallest absolute Gasteiger partial charge is 0.253 e. The average molecular weight is 257 g/mol. The molecule has 4 heteroatoms. The molecule has 0 aromatic heterocycles. The topological polar surface area (TPSA) is 46.3 Å². The van der Waals surface area contributed by atoms with Gasteiger partial charge in [0.15, 0.2) is 0 Å². The summed E-state index contributed by atoms with van der Waals surface area (Å²) in [4.78, 5) is 13.9. The van der Waals surface area contributed by atoms with Crippen LogP contribution in [0, 0.1) is 0 Å². The molecule has 1 aromatic carbocycles. The van der Waals surface area contributed by atoms with Crippen LogP contribution in [0.4, 0.5) is 5.69 Å². The highest BCUT2D eigenvalue weighted by Crippen LogP contribution is 2.09. The number of unbranched alkanes of at least 4 members (excludes halogenated alkanes) is 1. The molecule has 96 valence electrons. The van der Waals surface area contributed by atoms with E-state index in [1.165, 1.54) is 0 Å². The van der Waals surface area contributed by atoms with Gasteiger partial charge in [-0.05, 0) is 37.6 Å². The number of halogens is 1. The molecule has 1 rings (SSSR count). The van der Waals surface area contributed by atoms with E-state index in [1.54, 1.807) is 24.3 Å². The molecule has 0 fully saturated rings. The fourth-order valence-corrected chi connectivity index (χ4v) is 1.56. The quantitative estimate of drug-likeness (QED) is 0.824. The number of hydrogen-bond donors (Lipinski definition) is 1. The second-order valence-electron chi connectivity index (χ2n) is 3.86. The average Bonchev–Trinajstić information content (AvgIpc) is 2.30. The summed E-state index contributed by atoms with van der Waals surface area (Å²) in [6, 6.07) is 7.10. The van der Waals surface area contributed by atoms with Crippen LogP contribution in [0.25, 0.3) is 0 Å². The monoisotopic (exact) mass is 256 g/mol. The van der Waals surface area contributed by atoms with Gasteiger partial charge in [-0.25, -0.2) is 0 Å². The maximum absolute atomic E-state index is 12.1. The summed E-state index contributed by atoms with van der Waals surface area (Å²) >= 11 is 0. The number of anilines is 1. The number of rotatable bonds is 5. The lowest BCUT2D eigenvalue weighted by molar-refractivity contribution is 0.0762. The largest absolute Gasteiger partial charge is 0.399 e. The van der Waals surface area contributed by atoms with Gasteiger partial charge in [0.05, 0.1) is 0 Å². The van der Waals surface area contributed by atoms with Crippen molar-refractivity contribution in [1.82, 2.24) is 4.90 Å². The molecule has 0 bridgehead atoms. The number of nitrogens with zero attached hydrogens (tertiary/aromatic N) is 1. The molecule has 3 nitrogen and oxygen atoms in total. The highest BCUT2D eigenvalue weighted by Gasteiger charge is 2.12. The molecule has 0 saturated heterocycles. The Morgan fingerprint density at radius 3 is 2.29 bits per heavy atom. The van der Waals surface area contributed by atoms with Crippen molar-refractivity contribution in [2.24, 2.45) is 0 Å².